The van der Waals surface area contributed by atoms with Gasteiger partial charge >= 0.3 is 0 Å². The fourth-order valence-electron chi connectivity index (χ4n) is 5.02. The molecule has 0 bridgehead atoms. The lowest BCUT2D eigenvalue weighted by Crippen LogP contribution is -2.49. The Kier molecular flexibility index (Phi) is 7.64. The molecular formula is C28H39N7O. The number of nitrogens with zero attached hydrogens (tertiary/aromatic N) is 4. The van der Waals surface area contributed by atoms with Gasteiger partial charge in [0.25, 0.3) is 5.91 Å². The van der Waals surface area contributed by atoms with Crippen LogP contribution in [-0.4, -0.2) is 58.2 Å². The third kappa shape index (κ3) is 5.54. The van der Waals surface area contributed by atoms with Crippen LogP contribution >= 0.6 is 0 Å². The maximum Gasteiger partial charge on any atom is 0.254 e. The number of pyridine rings is 1. The predicted octanol–water partition coefficient (Wildman–Crippen LogP) is 3.87. The maximum atomic E-state index is 12.4. The Bertz CT molecular complexity index is 1220. The zero-order valence-corrected chi connectivity index (χ0v) is 22.4. The van der Waals surface area contributed by atoms with E-state index in [0.717, 1.165) is 48.7 Å². The number of hydrogen-bond acceptors (Lipinski definition) is 6. The van der Waals surface area contributed by atoms with E-state index >= 15 is 0 Å². The molecule has 1 aliphatic rings. The SMILES string of the molecule is Cc1cc(Cc2[nH]nc(NCc3cc(C)c(C)c(C)c3)c2C(N)=O)cnc1N1CCN(C(C)C)CC1. The summed E-state index contributed by atoms with van der Waals surface area (Å²) in [4.78, 5) is 22.0. The smallest absolute Gasteiger partial charge is 0.254 e. The number of rotatable bonds is 8. The van der Waals surface area contributed by atoms with Crippen LogP contribution in [0, 0.1) is 27.7 Å². The van der Waals surface area contributed by atoms with Crippen LogP contribution in [0.5, 0.6) is 0 Å². The first kappa shape index (κ1) is 25.7. The summed E-state index contributed by atoms with van der Waals surface area (Å²) >= 11 is 0. The molecule has 8 nitrogen and oxygen atoms in total. The summed E-state index contributed by atoms with van der Waals surface area (Å²) in [5.41, 5.74) is 13.9. The molecule has 4 N–H and O–H groups in total. The second-order valence-electron chi connectivity index (χ2n) is 10.3. The molecule has 1 amide bonds. The van der Waals surface area contributed by atoms with E-state index in [9.17, 15) is 4.79 Å². The van der Waals surface area contributed by atoms with Gasteiger partial charge in [0.2, 0.25) is 0 Å². The van der Waals surface area contributed by atoms with Crippen molar-refractivity contribution in [3.63, 3.8) is 0 Å². The van der Waals surface area contributed by atoms with Gasteiger partial charge in [0.15, 0.2) is 5.82 Å². The summed E-state index contributed by atoms with van der Waals surface area (Å²) in [7, 11) is 0. The molecule has 3 heterocycles. The van der Waals surface area contributed by atoms with E-state index in [-0.39, 0.29) is 0 Å². The number of carbonyl (C=O) groups excluding carboxylic acids is 1. The molecule has 1 aromatic carbocycles. The van der Waals surface area contributed by atoms with Gasteiger partial charge < -0.3 is 16.0 Å². The first-order valence-electron chi connectivity index (χ1n) is 12.8. The van der Waals surface area contributed by atoms with Crippen LogP contribution in [0.2, 0.25) is 0 Å². The van der Waals surface area contributed by atoms with Gasteiger partial charge in [0, 0.05) is 51.4 Å². The van der Waals surface area contributed by atoms with E-state index in [1.54, 1.807) is 0 Å². The lowest BCUT2D eigenvalue weighted by molar-refractivity contribution is 0.100. The molecule has 36 heavy (non-hydrogen) atoms. The second-order valence-corrected chi connectivity index (χ2v) is 10.3. The van der Waals surface area contributed by atoms with E-state index in [1.807, 2.05) is 6.20 Å². The van der Waals surface area contributed by atoms with Crippen molar-refractivity contribution < 1.29 is 4.79 Å². The topological polar surface area (TPSA) is 103 Å². The number of aryl methyl sites for hydroxylation is 3. The van der Waals surface area contributed by atoms with E-state index in [0.29, 0.717) is 36.1 Å². The quantitative estimate of drug-likeness (QED) is 0.444. The van der Waals surface area contributed by atoms with Crippen molar-refractivity contribution in [2.75, 3.05) is 36.4 Å². The number of amides is 1. The number of H-pyrrole nitrogens is 1. The minimum Gasteiger partial charge on any atom is -0.365 e. The summed E-state index contributed by atoms with van der Waals surface area (Å²) < 4.78 is 0. The summed E-state index contributed by atoms with van der Waals surface area (Å²) in [5.74, 6) is 1.02. The van der Waals surface area contributed by atoms with Gasteiger partial charge in [-0.15, -0.1) is 0 Å². The van der Waals surface area contributed by atoms with Crippen molar-refractivity contribution in [2.24, 2.45) is 5.73 Å². The molecule has 192 valence electrons. The first-order valence-corrected chi connectivity index (χ1v) is 12.8. The fraction of sp³-hybridized carbons (Fsp3) is 0.464. The Morgan fingerprint density at radius 3 is 2.25 bits per heavy atom. The molecule has 3 aromatic rings. The predicted molar refractivity (Wildman–Crippen MR) is 146 cm³/mol. The van der Waals surface area contributed by atoms with Crippen LogP contribution in [0.15, 0.2) is 24.4 Å². The number of nitrogens with two attached hydrogens (primary N) is 1. The lowest BCUT2D eigenvalue weighted by Gasteiger charge is -2.38. The number of benzene rings is 1. The van der Waals surface area contributed by atoms with E-state index in [1.165, 1.54) is 16.7 Å². The fourth-order valence-corrected chi connectivity index (χ4v) is 5.02. The Balaban J connectivity index is 1.47. The zero-order chi connectivity index (χ0) is 26.0. The number of piperazine rings is 1. The number of aromatic nitrogens is 3. The summed E-state index contributed by atoms with van der Waals surface area (Å²) in [6, 6.07) is 7.03. The minimum absolute atomic E-state index is 0.405. The molecule has 0 radical (unpaired) electrons. The lowest BCUT2D eigenvalue weighted by atomic mass is 10.0. The van der Waals surface area contributed by atoms with Crippen molar-refractivity contribution in [1.82, 2.24) is 20.1 Å². The van der Waals surface area contributed by atoms with Crippen molar-refractivity contribution in [3.8, 4) is 0 Å². The van der Waals surface area contributed by atoms with Gasteiger partial charge in [-0.25, -0.2) is 4.98 Å². The van der Waals surface area contributed by atoms with Crippen LogP contribution in [0.4, 0.5) is 11.6 Å². The molecule has 0 unspecified atom stereocenters. The highest BCUT2D eigenvalue weighted by molar-refractivity contribution is 5.99. The molecule has 1 aliphatic heterocycles. The van der Waals surface area contributed by atoms with Gasteiger partial charge in [0.1, 0.15) is 11.4 Å². The van der Waals surface area contributed by atoms with Crippen LogP contribution in [0.1, 0.15) is 63.3 Å². The Labute approximate surface area is 214 Å². The van der Waals surface area contributed by atoms with Crippen LogP contribution in [-0.2, 0) is 13.0 Å². The molecule has 1 fully saturated rings. The van der Waals surface area contributed by atoms with Gasteiger partial charge in [0.05, 0.1) is 5.69 Å². The van der Waals surface area contributed by atoms with Gasteiger partial charge in [-0.1, -0.05) is 18.2 Å². The highest BCUT2D eigenvalue weighted by Gasteiger charge is 2.22. The van der Waals surface area contributed by atoms with E-state index < -0.39 is 5.91 Å². The average Bonchev–Trinajstić information content (AvgIpc) is 3.24. The van der Waals surface area contributed by atoms with Gasteiger partial charge in [-0.05, 0) is 74.9 Å². The Morgan fingerprint density at radius 1 is 1.03 bits per heavy atom. The normalized spacial score (nSPS) is 14.5. The molecule has 4 rings (SSSR count). The van der Waals surface area contributed by atoms with Crippen molar-refractivity contribution >= 4 is 17.5 Å². The Hall–Kier alpha value is -3.39. The summed E-state index contributed by atoms with van der Waals surface area (Å²) in [6.45, 7) is 17.6. The van der Waals surface area contributed by atoms with Crippen molar-refractivity contribution in [2.45, 2.75) is 60.5 Å². The molecule has 0 atom stereocenters. The first-order chi connectivity index (χ1) is 17.1. The molecule has 1 saturated heterocycles. The van der Waals surface area contributed by atoms with E-state index in [4.69, 9.17) is 10.7 Å². The average molecular weight is 490 g/mol. The highest BCUT2D eigenvalue weighted by Crippen LogP contribution is 2.24. The largest absolute Gasteiger partial charge is 0.365 e. The standard InChI is InChI=1S/C28H39N7O/c1-17(2)34-7-9-35(10-8-34)28-20(5)13-23(16-31-28)14-24-25(26(29)36)27(33-32-24)30-15-22-11-18(3)21(6)19(4)12-22/h11-13,16-17H,7-10,14-15H2,1-6H3,(H2,29,36)(H2,30,32,33). The van der Waals surface area contributed by atoms with Gasteiger partial charge in [-0.2, -0.15) is 5.10 Å². The molecule has 8 heteroatoms. The highest BCUT2D eigenvalue weighted by atomic mass is 16.1. The minimum atomic E-state index is -0.498. The van der Waals surface area contributed by atoms with Crippen molar-refractivity contribution in [1.29, 1.82) is 0 Å². The van der Waals surface area contributed by atoms with E-state index in [2.05, 4.69) is 85.1 Å². The number of hydrogen-bond donors (Lipinski definition) is 3. The third-order valence-corrected chi connectivity index (χ3v) is 7.37. The number of aromatic amines is 1. The van der Waals surface area contributed by atoms with Crippen LogP contribution in [0.3, 0.4) is 0 Å². The maximum absolute atomic E-state index is 12.4. The number of carbonyl (C=O) groups is 1. The third-order valence-electron chi connectivity index (χ3n) is 7.37. The zero-order valence-electron chi connectivity index (χ0n) is 22.4. The van der Waals surface area contributed by atoms with Crippen LogP contribution < -0.4 is 16.0 Å². The monoisotopic (exact) mass is 489 g/mol. The summed E-state index contributed by atoms with van der Waals surface area (Å²) in [6.07, 6.45) is 2.40. The number of anilines is 2. The molecule has 2 aromatic heterocycles. The van der Waals surface area contributed by atoms with Crippen LogP contribution in [0.25, 0.3) is 0 Å². The molecule has 0 spiro atoms. The van der Waals surface area contributed by atoms with Crippen molar-refractivity contribution in [3.05, 3.63) is 69.0 Å². The molecular weight excluding hydrogens is 450 g/mol. The second kappa shape index (κ2) is 10.7. The Morgan fingerprint density at radius 2 is 1.67 bits per heavy atom. The number of primary amides is 1. The number of nitrogens with one attached hydrogen (secondary N) is 2. The molecule has 0 aliphatic carbocycles. The van der Waals surface area contributed by atoms with Gasteiger partial charge in [-0.3, -0.25) is 14.8 Å². The summed E-state index contributed by atoms with van der Waals surface area (Å²) in [5, 5.41) is 10.7. The molecule has 0 saturated carbocycles.